The second-order valence-corrected chi connectivity index (χ2v) is 4.17. The van der Waals surface area contributed by atoms with Crippen LogP contribution in [0.5, 0.6) is 0 Å². The van der Waals surface area contributed by atoms with E-state index in [4.69, 9.17) is 5.73 Å². The number of fused-ring (bicyclic) bond motifs is 1. The number of imidazole rings is 1. The molecule has 3 N–H and O–H groups in total. The monoisotopic (exact) mass is 204 g/mol. The van der Waals surface area contributed by atoms with Crippen LogP contribution in [0.15, 0.2) is 24.8 Å². The average molecular weight is 204 g/mol. The number of aliphatic hydroxyl groups is 1. The van der Waals surface area contributed by atoms with Crippen LogP contribution in [0.1, 0.15) is 18.5 Å². The summed E-state index contributed by atoms with van der Waals surface area (Å²) in [6.45, 7) is 0. The van der Waals surface area contributed by atoms with Gasteiger partial charge in [-0.25, -0.2) is 4.98 Å². The molecule has 0 aliphatic heterocycles. The first-order valence-corrected chi connectivity index (χ1v) is 4.93. The summed E-state index contributed by atoms with van der Waals surface area (Å²) >= 11 is 0. The predicted molar refractivity (Wildman–Crippen MR) is 54.1 cm³/mol. The minimum atomic E-state index is -0.430. The Hall–Kier alpha value is -1.46. The van der Waals surface area contributed by atoms with Gasteiger partial charge in [-0.05, 0) is 12.8 Å². The molecule has 0 spiro atoms. The van der Waals surface area contributed by atoms with Crippen molar-refractivity contribution in [1.82, 2.24) is 14.4 Å². The molecule has 0 saturated heterocycles. The number of hydrogen-bond acceptors (Lipinski definition) is 4. The second-order valence-electron chi connectivity index (χ2n) is 4.17. The van der Waals surface area contributed by atoms with Crippen molar-refractivity contribution >= 4 is 5.65 Å². The SMILES string of the molecule is NC1(c2cnc3cnccn23)CC(O)C1. The molecule has 5 nitrogen and oxygen atoms in total. The van der Waals surface area contributed by atoms with Crippen LogP contribution in [0.4, 0.5) is 0 Å². The second kappa shape index (κ2) is 2.77. The molecule has 0 bridgehead atoms. The van der Waals surface area contributed by atoms with Gasteiger partial charge in [-0.2, -0.15) is 0 Å². The summed E-state index contributed by atoms with van der Waals surface area (Å²) in [5, 5.41) is 9.33. The first kappa shape index (κ1) is 8.82. The first-order chi connectivity index (χ1) is 7.19. The number of rotatable bonds is 1. The molecule has 2 heterocycles. The molecule has 0 unspecified atom stereocenters. The lowest BCUT2D eigenvalue weighted by atomic mass is 9.73. The van der Waals surface area contributed by atoms with Crippen LogP contribution < -0.4 is 5.73 Å². The van der Waals surface area contributed by atoms with Gasteiger partial charge in [-0.3, -0.25) is 9.38 Å². The molecule has 15 heavy (non-hydrogen) atoms. The van der Waals surface area contributed by atoms with Crippen LogP contribution in [-0.4, -0.2) is 25.6 Å². The fourth-order valence-corrected chi connectivity index (χ4v) is 2.20. The molecule has 1 saturated carbocycles. The zero-order chi connectivity index (χ0) is 10.5. The molecule has 3 rings (SSSR count). The molecule has 0 radical (unpaired) electrons. The molecular weight excluding hydrogens is 192 g/mol. The normalized spacial score (nSPS) is 30.4. The number of nitrogens with zero attached hydrogens (tertiary/aromatic N) is 3. The van der Waals surface area contributed by atoms with Gasteiger partial charge in [0.15, 0.2) is 5.65 Å². The summed E-state index contributed by atoms with van der Waals surface area (Å²) in [7, 11) is 0. The van der Waals surface area contributed by atoms with E-state index in [9.17, 15) is 5.11 Å². The Balaban J connectivity index is 2.12. The Bertz CT molecular complexity index is 501. The zero-order valence-corrected chi connectivity index (χ0v) is 8.17. The highest BCUT2D eigenvalue weighted by atomic mass is 16.3. The average Bonchev–Trinajstić information content (AvgIpc) is 2.59. The Morgan fingerprint density at radius 2 is 2.27 bits per heavy atom. The van der Waals surface area contributed by atoms with Crippen LogP contribution in [0, 0.1) is 0 Å². The third-order valence-electron chi connectivity index (χ3n) is 3.03. The summed E-state index contributed by atoms with van der Waals surface area (Å²) < 4.78 is 1.93. The Morgan fingerprint density at radius 1 is 1.47 bits per heavy atom. The lowest BCUT2D eigenvalue weighted by Crippen LogP contribution is -2.52. The number of nitrogens with two attached hydrogens (primary N) is 1. The predicted octanol–water partition coefficient (Wildman–Crippen LogP) is 0.0380. The van der Waals surface area contributed by atoms with E-state index in [2.05, 4.69) is 9.97 Å². The van der Waals surface area contributed by atoms with Crippen molar-refractivity contribution in [3.05, 3.63) is 30.5 Å². The van der Waals surface area contributed by atoms with Crippen molar-refractivity contribution in [2.75, 3.05) is 0 Å². The van der Waals surface area contributed by atoms with Crippen LogP contribution in [-0.2, 0) is 5.54 Å². The Morgan fingerprint density at radius 3 is 3.00 bits per heavy atom. The molecule has 1 aliphatic rings. The van der Waals surface area contributed by atoms with Gasteiger partial charge in [0.25, 0.3) is 0 Å². The Labute approximate surface area is 86.6 Å². The highest BCUT2D eigenvalue weighted by Gasteiger charge is 2.43. The van der Waals surface area contributed by atoms with Crippen LogP contribution in [0.3, 0.4) is 0 Å². The van der Waals surface area contributed by atoms with Gasteiger partial charge in [-0.1, -0.05) is 0 Å². The molecule has 0 atom stereocenters. The van der Waals surface area contributed by atoms with Gasteiger partial charge in [0.2, 0.25) is 0 Å². The van der Waals surface area contributed by atoms with Gasteiger partial charge in [0, 0.05) is 12.4 Å². The third-order valence-corrected chi connectivity index (χ3v) is 3.03. The van der Waals surface area contributed by atoms with Crippen molar-refractivity contribution in [3.8, 4) is 0 Å². The molecule has 0 amide bonds. The van der Waals surface area contributed by atoms with Gasteiger partial charge in [-0.15, -0.1) is 0 Å². The standard InChI is InChI=1S/C10H12N4O/c11-10(3-7(15)4-10)8-5-13-9-6-12-1-2-14(8)9/h1-2,5-7,15H,3-4,11H2. The van der Waals surface area contributed by atoms with E-state index < -0.39 is 5.54 Å². The van der Waals surface area contributed by atoms with Crippen molar-refractivity contribution in [2.45, 2.75) is 24.5 Å². The summed E-state index contributed by atoms with van der Waals surface area (Å²) in [4.78, 5) is 8.22. The van der Waals surface area contributed by atoms with Crippen molar-refractivity contribution < 1.29 is 5.11 Å². The van der Waals surface area contributed by atoms with E-state index in [0.29, 0.717) is 12.8 Å². The van der Waals surface area contributed by atoms with E-state index in [1.807, 2.05) is 10.6 Å². The molecule has 78 valence electrons. The van der Waals surface area contributed by atoms with Gasteiger partial charge < -0.3 is 10.8 Å². The molecule has 2 aromatic heterocycles. The van der Waals surface area contributed by atoms with E-state index in [-0.39, 0.29) is 6.10 Å². The summed E-state index contributed by atoms with van der Waals surface area (Å²) in [6, 6.07) is 0. The highest BCUT2D eigenvalue weighted by Crippen LogP contribution is 2.38. The lowest BCUT2D eigenvalue weighted by Gasteiger charge is -2.41. The van der Waals surface area contributed by atoms with Gasteiger partial charge in [0.1, 0.15) is 0 Å². The van der Waals surface area contributed by atoms with E-state index in [1.54, 1.807) is 18.6 Å². The van der Waals surface area contributed by atoms with Crippen LogP contribution >= 0.6 is 0 Å². The Kier molecular flexibility index (Phi) is 1.63. The molecule has 5 heteroatoms. The number of hydrogen-bond donors (Lipinski definition) is 2. The van der Waals surface area contributed by atoms with Crippen molar-refractivity contribution in [2.24, 2.45) is 5.73 Å². The third kappa shape index (κ3) is 1.17. The largest absolute Gasteiger partial charge is 0.393 e. The molecule has 0 aromatic carbocycles. The van der Waals surface area contributed by atoms with Crippen LogP contribution in [0.25, 0.3) is 5.65 Å². The van der Waals surface area contributed by atoms with Crippen molar-refractivity contribution in [1.29, 1.82) is 0 Å². The fraction of sp³-hybridized carbons (Fsp3) is 0.400. The van der Waals surface area contributed by atoms with E-state index in [1.165, 1.54) is 0 Å². The highest BCUT2D eigenvalue weighted by molar-refractivity contribution is 5.39. The topological polar surface area (TPSA) is 76.4 Å². The molecular formula is C10H12N4O. The fourth-order valence-electron chi connectivity index (χ4n) is 2.20. The van der Waals surface area contributed by atoms with Crippen molar-refractivity contribution in [3.63, 3.8) is 0 Å². The smallest absolute Gasteiger partial charge is 0.155 e. The maximum atomic E-state index is 9.33. The summed E-state index contributed by atoms with van der Waals surface area (Å²) in [5.74, 6) is 0. The minimum absolute atomic E-state index is 0.276. The van der Waals surface area contributed by atoms with Gasteiger partial charge in [0.05, 0.1) is 29.7 Å². The maximum Gasteiger partial charge on any atom is 0.155 e. The molecule has 2 aromatic rings. The van der Waals surface area contributed by atoms with Crippen LogP contribution in [0.2, 0.25) is 0 Å². The number of aliphatic hydroxyl groups excluding tert-OH is 1. The molecule has 1 aliphatic carbocycles. The molecule has 1 fully saturated rings. The quantitative estimate of drug-likeness (QED) is 0.687. The summed E-state index contributed by atoms with van der Waals surface area (Å²) in [6.07, 6.45) is 7.94. The number of aromatic nitrogens is 3. The maximum absolute atomic E-state index is 9.33. The van der Waals surface area contributed by atoms with Gasteiger partial charge >= 0.3 is 0 Å². The summed E-state index contributed by atoms with van der Waals surface area (Å²) in [5.41, 5.74) is 7.49. The van der Waals surface area contributed by atoms with E-state index in [0.717, 1.165) is 11.3 Å². The van der Waals surface area contributed by atoms with E-state index >= 15 is 0 Å². The zero-order valence-electron chi connectivity index (χ0n) is 8.17. The first-order valence-electron chi connectivity index (χ1n) is 4.93. The lowest BCUT2D eigenvalue weighted by molar-refractivity contribution is 0.0184. The minimum Gasteiger partial charge on any atom is -0.393 e.